The Kier molecular flexibility index (Phi) is 3.69. The molecule has 0 bridgehead atoms. The maximum Gasteiger partial charge on any atom is 0.416 e. The van der Waals surface area contributed by atoms with Crippen molar-refractivity contribution in [3.8, 4) is 0 Å². The second kappa shape index (κ2) is 4.50. The van der Waals surface area contributed by atoms with E-state index in [-0.39, 0.29) is 0 Å². The van der Waals surface area contributed by atoms with E-state index in [0.717, 1.165) is 0 Å². The number of aromatic nitrogens is 1. The molecule has 0 fully saturated rings. The molecule has 0 amide bonds. The van der Waals surface area contributed by atoms with Crippen molar-refractivity contribution in [1.82, 2.24) is 4.98 Å². The molecule has 0 unspecified atom stereocenters. The van der Waals surface area contributed by atoms with E-state index >= 15 is 0 Å². The van der Waals surface area contributed by atoms with Crippen LogP contribution in [0.3, 0.4) is 0 Å². The fourth-order valence-corrected chi connectivity index (χ4v) is 1.36. The largest absolute Gasteiger partial charge is 0.416 e. The number of aliphatic hydroxyl groups is 1. The molecule has 0 aliphatic heterocycles. The molecule has 0 aliphatic rings. The molecular weight excluding hydrogens is 257 g/mol. The van der Waals surface area contributed by atoms with Crippen molar-refractivity contribution in [3.05, 3.63) is 28.0 Å². The summed E-state index contributed by atoms with van der Waals surface area (Å²) in [7, 11) is 0. The van der Waals surface area contributed by atoms with Gasteiger partial charge in [-0.1, -0.05) is 11.6 Å². The SMILES string of the molecule is OCc1c(C(F)(F)F)cc(Cl)nc1C(F)F. The van der Waals surface area contributed by atoms with E-state index in [1.54, 1.807) is 0 Å². The van der Waals surface area contributed by atoms with E-state index in [4.69, 9.17) is 16.7 Å². The van der Waals surface area contributed by atoms with Gasteiger partial charge >= 0.3 is 6.18 Å². The lowest BCUT2D eigenvalue weighted by Gasteiger charge is -2.14. The lowest BCUT2D eigenvalue weighted by atomic mass is 10.1. The van der Waals surface area contributed by atoms with E-state index in [1.165, 1.54) is 0 Å². The Morgan fingerprint density at radius 2 is 1.94 bits per heavy atom. The van der Waals surface area contributed by atoms with Gasteiger partial charge in [0, 0.05) is 5.56 Å². The van der Waals surface area contributed by atoms with Crippen LogP contribution in [0.25, 0.3) is 0 Å². The monoisotopic (exact) mass is 261 g/mol. The topological polar surface area (TPSA) is 33.1 Å². The Bertz CT molecular complexity index is 393. The summed E-state index contributed by atoms with van der Waals surface area (Å²) in [5, 5.41) is 7.99. The Labute approximate surface area is 91.7 Å². The van der Waals surface area contributed by atoms with Crippen molar-refractivity contribution in [3.63, 3.8) is 0 Å². The smallest absolute Gasteiger partial charge is 0.392 e. The van der Waals surface area contributed by atoms with Crippen molar-refractivity contribution < 1.29 is 27.1 Å². The average molecular weight is 262 g/mol. The summed E-state index contributed by atoms with van der Waals surface area (Å²) in [6, 6.07) is 0.402. The molecular formula is C8H5ClF5NO. The van der Waals surface area contributed by atoms with E-state index < -0.39 is 41.2 Å². The van der Waals surface area contributed by atoms with Gasteiger partial charge in [0.05, 0.1) is 12.2 Å². The summed E-state index contributed by atoms with van der Waals surface area (Å²) in [6.45, 7) is -1.18. The van der Waals surface area contributed by atoms with Crippen LogP contribution in [-0.4, -0.2) is 10.1 Å². The lowest BCUT2D eigenvalue weighted by molar-refractivity contribution is -0.138. The van der Waals surface area contributed by atoms with Crippen LogP contribution in [0.2, 0.25) is 5.15 Å². The second-order valence-electron chi connectivity index (χ2n) is 2.81. The van der Waals surface area contributed by atoms with E-state index in [9.17, 15) is 22.0 Å². The summed E-state index contributed by atoms with van der Waals surface area (Å²) >= 11 is 5.20. The molecule has 0 aromatic carbocycles. The van der Waals surface area contributed by atoms with Crippen molar-refractivity contribution in [2.75, 3.05) is 0 Å². The van der Waals surface area contributed by atoms with E-state index in [1.807, 2.05) is 0 Å². The molecule has 1 N–H and O–H groups in total. The zero-order chi connectivity index (χ0) is 12.5. The van der Waals surface area contributed by atoms with Crippen LogP contribution < -0.4 is 0 Å². The number of rotatable bonds is 2. The fourth-order valence-electron chi connectivity index (χ4n) is 1.16. The number of hydrogen-bond acceptors (Lipinski definition) is 2. The quantitative estimate of drug-likeness (QED) is 0.655. The number of halogens is 6. The second-order valence-corrected chi connectivity index (χ2v) is 3.20. The first kappa shape index (κ1) is 13.1. The molecule has 0 saturated heterocycles. The van der Waals surface area contributed by atoms with Crippen LogP contribution in [-0.2, 0) is 12.8 Å². The minimum atomic E-state index is -4.87. The van der Waals surface area contributed by atoms with Crippen LogP contribution >= 0.6 is 11.6 Å². The fraction of sp³-hybridized carbons (Fsp3) is 0.375. The molecule has 0 spiro atoms. The number of pyridine rings is 1. The van der Waals surface area contributed by atoms with Gasteiger partial charge in [0.25, 0.3) is 6.43 Å². The van der Waals surface area contributed by atoms with Crippen molar-refractivity contribution in [1.29, 1.82) is 0 Å². The minimum absolute atomic E-state index is 0.402. The van der Waals surface area contributed by atoms with Crippen LogP contribution in [0.4, 0.5) is 22.0 Å². The Morgan fingerprint density at radius 1 is 1.38 bits per heavy atom. The number of aliphatic hydroxyl groups excluding tert-OH is 1. The molecule has 90 valence electrons. The van der Waals surface area contributed by atoms with Crippen molar-refractivity contribution in [2.45, 2.75) is 19.2 Å². The molecule has 2 nitrogen and oxygen atoms in total. The van der Waals surface area contributed by atoms with Gasteiger partial charge in [-0.3, -0.25) is 0 Å². The first-order chi connectivity index (χ1) is 7.27. The third-order valence-electron chi connectivity index (χ3n) is 1.80. The summed E-state index contributed by atoms with van der Waals surface area (Å²) in [5.74, 6) is 0. The zero-order valence-corrected chi connectivity index (χ0v) is 8.28. The van der Waals surface area contributed by atoms with Gasteiger partial charge in [-0.05, 0) is 6.07 Å². The van der Waals surface area contributed by atoms with E-state index in [0.29, 0.717) is 6.07 Å². The minimum Gasteiger partial charge on any atom is -0.392 e. The highest BCUT2D eigenvalue weighted by atomic mass is 35.5. The van der Waals surface area contributed by atoms with Gasteiger partial charge in [-0.2, -0.15) is 13.2 Å². The predicted molar refractivity (Wildman–Crippen MR) is 45.1 cm³/mol. The number of nitrogens with zero attached hydrogens (tertiary/aromatic N) is 1. The molecule has 1 heterocycles. The van der Waals surface area contributed by atoms with Gasteiger partial charge in [0.15, 0.2) is 0 Å². The molecule has 0 aliphatic carbocycles. The van der Waals surface area contributed by atoms with Gasteiger partial charge < -0.3 is 5.11 Å². The highest BCUT2D eigenvalue weighted by molar-refractivity contribution is 6.29. The molecule has 1 aromatic rings. The molecule has 8 heteroatoms. The first-order valence-corrected chi connectivity index (χ1v) is 4.30. The summed E-state index contributed by atoms with van der Waals surface area (Å²) in [5.41, 5.74) is -3.50. The van der Waals surface area contributed by atoms with E-state index in [2.05, 4.69) is 4.98 Å². The maximum atomic E-state index is 12.4. The van der Waals surface area contributed by atoms with Crippen LogP contribution in [0.1, 0.15) is 23.2 Å². The first-order valence-electron chi connectivity index (χ1n) is 3.93. The zero-order valence-electron chi connectivity index (χ0n) is 7.52. The Morgan fingerprint density at radius 3 is 2.31 bits per heavy atom. The normalized spacial score (nSPS) is 12.2. The average Bonchev–Trinajstić information content (AvgIpc) is 2.14. The molecule has 0 atom stereocenters. The van der Waals surface area contributed by atoms with Crippen LogP contribution in [0, 0.1) is 0 Å². The maximum absolute atomic E-state index is 12.4. The van der Waals surface area contributed by atoms with Crippen LogP contribution in [0.15, 0.2) is 6.07 Å². The third kappa shape index (κ3) is 2.59. The summed E-state index contributed by atoms with van der Waals surface area (Å²) < 4.78 is 62.0. The molecule has 1 aromatic heterocycles. The number of hydrogen-bond donors (Lipinski definition) is 1. The highest BCUT2D eigenvalue weighted by Crippen LogP contribution is 2.36. The predicted octanol–water partition coefficient (Wildman–Crippen LogP) is 3.18. The van der Waals surface area contributed by atoms with Gasteiger partial charge in [0.2, 0.25) is 0 Å². The van der Waals surface area contributed by atoms with Crippen LogP contribution in [0.5, 0.6) is 0 Å². The van der Waals surface area contributed by atoms with Gasteiger partial charge in [-0.15, -0.1) is 0 Å². The van der Waals surface area contributed by atoms with Crippen molar-refractivity contribution in [2.24, 2.45) is 0 Å². The standard InChI is InChI=1S/C8H5ClF5NO/c9-5-1-4(8(12,13)14)3(2-16)6(15-5)7(10)11/h1,7,16H,2H2. The molecule has 0 radical (unpaired) electrons. The number of alkyl halides is 5. The highest BCUT2D eigenvalue weighted by Gasteiger charge is 2.36. The lowest BCUT2D eigenvalue weighted by Crippen LogP contribution is -2.13. The Balaban J connectivity index is 3.49. The van der Waals surface area contributed by atoms with Crippen molar-refractivity contribution >= 4 is 11.6 Å². The molecule has 1 rings (SSSR count). The molecule has 0 saturated carbocycles. The van der Waals surface area contributed by atoms with Gasteiger partial charge in [0.1, 0.15) is 10.8 Å². The van der Waals surface area contributed by atoms with Gasteiger partial charge in [-0.25, -0.2) is 13.8 Å². The summed E-state index contributed by atoms with van der Waals surface area (Å²) in [6.07, 6.45) is -8.10. The third-order valence-corrected chi connectivity index (χ3v) is 1.99. The Hall–Kier alpha value is -0.950. The molecule has 16 heavy (non-hydrogen) atoms. The summed E-state index contributed by atoms with van der Waals surface area (Å²) in [4.78, 5) is 3.07.